The lowest BCUT2D eigenvalue weighted by Crippen LogP contribution is -2.56. The van der Waals surface area contributed by atoms with Gasteiger partial charge in [-0.15, -0.1) is 6.42 Å². The van der Waals surface area contributed by atoms with E-state index in [0.717, 1.165) is 5.56 Å². The number of hydrogen-bond donors (Lipinski definition) is 2. The molecule has 0 radical (unpaired) electrons. The molecule has 1 heterocycles. The fraction of sp³-hybridized carbons (Fsp3) is 0.429. The number of likely N-dealkylation sites (tertiary alicyclic amines) is 1. The van der Waals surface area contributed by atoms with Crippen molar-refractivity contribution in [3.63, 3.8) is 0 Å². The molecule has 3 rings (SSSR count). The minimum Gasteiger partial charge on any atom is -0.368 e. The van der Waals surface area contributed by atoms with Gasteiger partial charge in [-0.05, 0) is 43.4 Å². The number of hydrogen-bond acceptors (Lipinski definition) is 4. The molecule has 4 amide bonds. The van der Waals surface area contributed by atoms with E-state index in [-0.39, 0.29) is 5.91 Å². The molecule has 30 heavy (non-hydrogen) atoms. The molecule has 0 spiro atoms. The normalized spacial score (nSPS) is 18.9. The van der Waals surface area contributed by atoms with Crippen LogP contribution in [0.4, 0.5) is 4.39 Å². The number of amides is 4. The van der Waals surface area contributed by atoms with E-state index in [2.05, 4.69) is 11.3 Å². The molecule has 1 aromatic rings. The summed E-state index contributed by atoms with van der Waals surface area (Å²) in [6.07, 6.45) is 7.73. The number of primary amides is 1. The SMILES string of the molecule is C#Cc1ccc(C2(C(=O)N3CCC[C@H]3C(=O)NN(CC(N)=O)C(=O)CF)CC2)cc1. The maximum atomic E-state index is 13.3. The summed E-state index contributed by atoms with van der Waals surface area (Å²) < 4.78 is 12.8. The molecule has 158 valence electrons. The molecule has 2 aliphatic rings. The van der Waals surface area contributed by atoms with Crippen LogP contribution in [-0.2, 0) is 24.6 Å². The lowest BCUT2D eigenvalue weighted by Gasteiger charge is -2.30. The van der Waals surface area contributed by atoms with Crippen LogP contribution in [-0.4, -0.2) is 59.3 Å². The van der Waals surface area contributed by atoms with Crippen molar-refractivity contribution < 1.29 is 23.6 Å². The van der Waals surface area contributed by atoms with Crippen LogP contribution in [0.1, 0.15) is 36.8 Å². The van der Waals surface area contributed by atoms with E-state index in [0.29, 0.717) is 42.8 Å². The lowest BCUT2D eigenvalue weighted by atomic mass is 9.93. The van der Waals surface area contributed by atoms with E-state index in [1.54, 1.807) is 12.1 Å². The number of carbonyl (C=O) groups excluding carboxylic acids is 4. The Bertz CT molecular complexity index is 905. The molecular formula is C21H23FN4O4. The molecule has 0 aromatic heterocycles. The number of nitrogens with two attached hydrogens (primary N) is 1. The second-order valence-corrected chi connectivity index (χ2v) is 7.52. The predicted molar refractivity (Wildman–Crippen MR) is 105 cm³/mol. The standard InChI is InChI=1S/C21H23FN4O4/c1-2-14-5-7-15(8-6-14)21(9-10-21)20(30)25-11-3-4-16(25)19(29)24-26(13-17(23)27)18(28)12-22/h1,5-8,16H,3-4,9-13H2,(H2,23,27)(H,24,29)/t16-/m0/s1. The first-order valence-electron chi connectivity index (χ1n) is 9.66. The molecule has 1 atom stereocenters. The van der Waals surface area contributed by atoms with Gasteiger partial charge in [0, 0.05) is 12.1 Å². The molecule has 2 fully saturated rings. The Balaban J connectivity index is 1.75. The number of halogens is 1. The van der Waals surface area contributed by atoms with Crippen LogP contribution in [0.3, 0.4) is 0 Å². The first kappa shape index (κ1) is 21.3. The van der Waals surface area contributed by atoms with E-state index in [9.17, 15) is 23.6 Å². The van der Waals surface area contributed by atoms with Crippen molar-refractivity contribution in [2.24, 2.45) is 5.73 Å². The van der Waals surface area contributed by atoms with Crippen molar-refractivity contribution in [1.82, 2.24) is 15.3 Å². The van der Waals surface area contributed by atoms with Crippen molar-refractivity contribution in [2.75, 3.05) is 19.8 Å². The van der Waals surface area contributed by atoms with Crippen molar-refractivity contribution in [1.29, 1.82) is 0 Å². The van der Waals surface area contributed by atoms with Gasteiger partial charge < -0.3 is 10.6 Å². The van der Waals surface area contributed by atoms with Crippen molar-refractivity contribution in [3.05, 3.63) is 35.4 Å². The van der Waals surface area contributed by atoms with Gasteiger partial charge in [0.15, 0.2) is 6.67 Å². The Hall–Kier alpha value is -3.41. The fourth-order valence-corrected chi connectivity index (χ4v) is 3.82. The molecule has 0 bridgehead atoms. The zero-order chi connectivity index (χ0) is 21.9. The number of rotatable bonds is 6. The van der Waals surface area contributed by atoms with Gasteiger partial charge >= 0.3 is 0 Å². The van der Waals surface area contributed by atoms with Gasteiger partial charge in [0.1, 0.15) is 12.6 Å². The second-order valence-electron chi connectivity index (χ2n) is 7.52. The van der Waals surface area contributed by atoms with Crippen molar-refractivity contribution in [3.8, 4) is 12.3 Å². The highest BCUT2D eigenvalue weighted by atomic mass is 19.1. The maximum absolute atomic E-state index is 13.3. The van der Waals surface area contributed by atoms with Crippen LogP contribution in [0.25, 0.3) is 0 Å². The lowest BCUT2D eigenvalue weighted by molar-refractivity contribution is -0.148. The Labute approximate surface area is 173 Å². The van der Waals surface area contributed by atoms with E-state index in [1.807, 2.05) is 12.1 Å². The quantitative estimate of drug-likeness (QED) is 0.504. The van der Waals surface area contributed by atoms with Crippen LogP contribution < -0.4 is 11.2 Å². The summed E-state index contributed by atoms with van der Waals surface area (Å²) in [6.45, 7) is -1.65. The highest BCUT2D eigenvalue weighted by Gasteiger charge is 2.55. The minimum absolute atomic E-state index is 0.160. The zero-order valence-corrected chi connectivity index (χ0v) is 16.4. The zero-order valence-electron chi connectivity index (χ0n) is 16.4. The summed E-state index contributed by atoms with van der Waals surface area (Å²) in [5.74, 6) is -0.265. The van der Waals surface area contributed by atoms with Gasteiger partial charge in [0.2, 0.25) is 11.8 Å². The number of benzene rings is 1. The topological polar surface area (TPSA) is 113 Å². The Kier molecular flexibility index (Phi) is 6.06. The van der Waals surface area contributed by atoms with Crippen LogP contribution >= 0.6 is 0 Å². The van der Waals surface area contributed by atoms with Gasteiger partial charge in [0.25, 0.3) is 11.8 Å². The van der Waals surface area contributed by atoms with E-state index in [4.69, 9.17) is 12.2 Å². The number of carbonyl (C=O) groups is 4. The molecule has 1 saturated heterocycles. The summed E-state index contributed by atoms with van der Waals surface area (Å²) >= 11 is 0. The average molecular weight is 414 g/mol. The largest absolute Gasteiger partial charge is 0.368 e. The molecule has 8 nitrogen and oxygen atoms in total. The summed E-state index contributed by atoms with van der Waals surface area (Å²) in [4.78, 5) is 50.4. The molecule has 0 unspecified atom stereocenters. The second kappa shape index (κ2) is 8.53. The van der Waals surface area contributed by atoms with Gasteiger partial charge in [-0.1, -0.05) is 18.1 Å². The Morgan fingerprint density at radius 2 is 1.93 bits per heavy atom. The predicted octanol–water partition coefficient (Wildman–Crippen LogP) is 0.00510. The first-order valence-corrected chi connectivity index (χ1v) is 9.66. The van der Waals surface area contributed by atoms with Gasteiger partial charge in [0.05, 0.1) is 5.41 Å². The summed E-state index contributed by atoms with van der Waals surface area (Å²) in [7, 11) is 0. The molecule has 3 N–H and O–H groups in total. The molecular weight excluding hydrogens is 391 g/mol. The van der Waals surface area contributed by atoms with Gasteiger partial charge in [-0.3, -0.25) is 24.6 Å². The maximum Gasteiger partial charge on any atom is 0.272 e. The van der Waals surface area contributed by atoms with E-state index >= 15 is 0 Å². The average Bonchev–Trinajstić information content (AvgIpc) is 3.40. The molecule has 1 aliphatic carbocycles. The van der Waals surface area contributed by atoms with Gasteiger partial charge in [-0.2, -0.15) is 0 Å². The van der Waals surface area contributed by atoms with Crippen molar-refractivity contribution >= 4 is 23.6 Å². The summed E-state index contributed by atoms with van der Waals surface area (Å²) in [5, 5.41) is 0.553. The monoisotopic (exact) mass is 414 g/mol. The first-order chi connectivity index (χ1) is 14.3. The molecule has 1 saturated carbocycles. The van der Waals surface area contributed by atoms with Crippen molar-refractivity contribution in [2.45, 2.75) is 37.1 Å². The van der Waals surface area contributed by atoms with Gasteiger partial charge in [-0.25, -0.2) is 9.40 Å². The molecule has 1 aromatic carbocycles. The number of terminal acetylenes is 1. The Morgan fingerprint density at radius 3 is 2.47 bits per heavy atom. The third kappa shape index (κ3) is 4.13. The molecule has 9 heteroatoms. The highest BCUT2D eigenvalue weighted by Crippen LogP contribution is 2.50. The third-order valence-electron chi connectivity index (χ3n) is 5.55. The van der Waals surface area contributed by atoms with E-state index in [1.165, 1.54) is 4.90 Å². The van der Waals surface area contributed by atoms with E-state index < -0.39 is 42.4 Å². The number of nitrogens with zero attached hydrogens (tertiary/aromatic N) is 2. The number of alkyl halides is 1. The van der Waals surface area contributed by atoms with Crippen LogP contribution in [0.5, 0.6) is 0 Å². The Morgan fingerprint density at radius 1 is 1.27 bits per heavy atom. The van der Waals surface area contributed by atoms with Crippen LogP contribution in [0.15, 0.2) is 24.3 Å². The minimum atomic E-state index is -1.39. The fourth-order valence-electron chi connectivity index (χ4n) is 3.82. The molecule has 1 aliphatic heterocycles. The summed E-state index contributed by atoms with van der Waals surface area (Å²) in [5.41, 5.74) is 8.18. The number of nitrogens with one attached hydrogen (secondary N) is 1. The van der Waals surface area contributed by atoms with Crippen LogP contribution in [0.2, 0.25) is 0 Å². The van der Waals surface area contributed by atoms with Crippen LogP contribution in [0, 0.1) is 12.3 Å². The third-order valence-corrected chi connectivity index (χ3v) is 5.55. The summed E-state index contributed by atoms with van der Waals surface area (Å²) in [6, 6.07) is 6.41. The highest BCUT2D eigenvalue weighted by molar-refractivity contribution is 5.96. The smallest absolute Gasteiger partial charge is 0.272 e. The number of hydrazine groups is 1.